The lowest BCUT2D eigenvalue weighted by atomic mass is 10.1. The van der Waals surface area contributed by atoms with Crippen LogP contribution in [-0.4, -0.2) is 18.5 Å². The SMILES string of the molecule is CC/C=C\C/C=C\C/C=C\CCCCCCCC(=O)OCCCl. The number of halogens is 1. The quantitative estimate of drug-likeness (QED) is 0.150. The van der Waals surface area contributed by atoms with Crippen LogP contribution < -0.4 is 0 Å². The van der Waals surface area contributed by atoms with Crippen LogP contribution in [0.5, 0.6) is 0 Å². The summed E-state index contributed by atoms with van der Waals surface area (Å²) >= 11 is 5.45. The molecule has 0 atom stereocenters. The first-order valence-electron chi connectivity index (χ1n) is 8.97. The summed E-state index contributed by atoms with van der Waals surface area (Å²) < 4.78 is 4.92. The van der Waals surface area contributed by atoms with Crippen LogP contribution in [0.15, 0.2) is 36.5 Å². The second-order valence-corrected chi connectivity index (χ2v) is 5.89. The van der Waals surface area contributed by atoms with Crippen LogP contribution in [0, 0.1) is 0 Å². The number of carbonyl (C=O) groups excluding carboxylic acids is 1. The van der Waals surface area contributed by atoms with Crippen LogP contribution in [0.2, 0.25) is 0 Å². The molecule has 0 aromatic carbocycles. The van der Waals surface area contributed by atoms with Gasteiger partial charge in [-0.05, 0) is 38.5 Å². The third-order valence-electron chi connectivity index (χ3n) is 3.37. The van der Waals surface area contributed by atoms with Gasteiger partial charge in [0.25, 0.3) is 0 Å². The van der Waals surface area contributed by atoms with Gasteiger partial charge in [-0.25, -0.2) is 0 Å². The Balaban J connectivity index is 3.28. The molecule has 0 bridgehead atoms. The molecule has 0 spiro atoms. The summed E-state index contributed by atoms with van der Waals surface area (Å²) in [5.41, 5.74) is 0. The first-order chi connectivity index (χ1) is 11.3. The van der Waals surface area contributed by atoms with Crippen LogP contribution in [0.1, 0.15) is 71.1 Å². The number of unbranched alkanes of at least 4 members (excludes halogenated alkanes) is 5. The fraction of sp³-hybridized carbons (Fsp3) is 0.650. The molecular formula is C20H33ClO2. The van der Waals surface area contributed by atoms with E-state index in [1.54, 1.807) is 0 Å². The third-order valence-corrected chi connectivity index (χ3v) is 3.53. The maximum Gasteiger partial charge on any atom is 0.305 e. The van der Waals surface area contributed by atoms with Crippen molar-refractivity contribution in [2.24, 2.45) is 0 Å². The van der Waals surface area contributed by atoms with Crippen LogP contribution in [-0.2, 0) is 9.53 Å². The highest BCUT2D eigenvalue weighted by Gasteiger charge is 2.01. The average Bonchev–Trinajstić information content (AvgIpc) is 2.56. The monoisotopic (exact) mass is 340 g/mol. The van der Waals surface area contributed by atoms with Crippen LogP contribution >= 0.6 is 11.6 Å². The van der Waals surface area contributed by atoms with Gasteiger partial charge >= 0.3 is 5.97 Å². The summed E-state index contributed by atoms with van der Waals surface area (Å²) in [5.74, 6) is 0.261. The van der Waals surface area contributed by atoms with Crippen LogP contribution in [0.3, 0.4) is 0 Å². The van der Waals surface area contributed by atoms with Gasteiger partial charge in [-0.3, -0.25) is 4.79 Å². The first-order valence-corrected chi connectivity index (χ1v) is 9.51. The maximum atomic E-state index is 11.2. The Morgan fingerprint density at radius 1 is 0.870 bits per heavy atom. The Labute approximate surface area is 147 Å². The predicted octanol–water partition coefficient (Wildman–Crippen LogP) is 6.36. The summed E-state index contributed by atoms with van der Waals surface area (Å²) in [6, 6.07) is 0. The molecule has 0 rings (SSSR count). The zero-order valence-corrected chi connectivity index (χ0v) is 15.4. The fourth-order valence-electron chi connectivity index (χ4n) is 2.11. The van der Waals surface area contributed by atoms with Crippen molar-refractivity contribution < 1.29 is 9.53 Å². The van der Waals surface area contributed by atoms with E-state index in [4.69, 9.17) is 16.3 Å². The first kappa shape index (κ1) is 22.0. The fourth-order valence-corrected chi connectivity index (χ4v) is 2.19. The Morgan fingerprint density at radius 2 is 1.48 bits per heavy atom. The van der Waals surface area contributed by atoms with E-state index in [2.05, 4.69) is 43.4 Å². The van der Waals surface area contributed by atoms with E-state index >= 15 is 0 Å². The molecule has 0 radical (unpaired) electrons. The number of esters is 1. The van der Waals surface area contributed by atoms with Gasteiger partial charge in [-0.1, -0.05) is 62.6 Å². The zero-order valence-electron chi connectivity index (χ0n) is 14.6. The molecule has 0 unspecified atom stereocenters. The lowest BCUT2D eigenvalue weighted by Crippen LogP contribution is -2.06. The number of ether oxygens (including phenoxy) is 1. The van der Waals surface area contributed by atoms with Crippen molar-refractivity contribution in [3.63, 3.8) is 0 Å². The van der Waals surface area contributed by atoms with E-state index in [9.17, 15) is 4.79 Å². The van der Waals surface area contributed by atoms with E-state index in [-0.39, 0.29) is 5.97 Å². The molecule has 0 aliphatic carbocycles. The summed E-state index contributed by atoms with van der Waals surface area (Å²) in [4.78, 5) is 11.2. The lowest BCUT2D eigenvalue weighted by molar-refractivity contribution is -0.143. The number of carbonyl (C=O) groups is 1. The normalized spacial score (nSPS) is 11.9. The summed E-state index contributed by atoms with van der Waals surface area (Å²) in [6.45, 7) is 2.48. The minimum atomic E-state index is -0.119. The van der Waals surface area contributed by atoms with Crippen molar-refractivity contribution in [2.75, 3.05) is 12.5 Å². The third kappa shape index (κ3) is 18.9. The highest BCUT2D eigenvalue weighted by molar-refractivity contribution is 6.18. The Kier molecular flexibility index (Phi) is 18.2. The molecule has 0 aromatic heterocycles. The van der Waals surface area contributed by atoms with Gasteiger partial charge in [0.2, 0.25) is 0 Å². The number of alkyl halides is 1. The topological polar surface area (TPSA) is 26.3 Å². The molecule has 0 saturated heterocycles. The van der Waals surface area contributed by atoms with Gasteiger partial charge in [0.15, 0.2) is 0 Å². The van der Waals surface area contributed by atoms with E-state index < -0.39 is 0 Å². The van der Waals surface area contributed by atoms with Crippen molar-refractivity contribution in [3.05, 3.63) is 36.5 Å². The molecule has 0 aromatic rings. The second kappa shape index (κ2) is 19.0. The summed E-state index contributed by atoms with van der Waals surface area (Å²) in [6.07, 6.45) is 23.9. The van der Waals surface area contributed by atoms with E-state index in [0.29, 0.717) is 18.9 Å². The van der Waals surface area contributed by atoms with E-state index in [1.165, 1.54) is 19.3 Å². The number of hydrogen-bond donors (Lipinski definition) is 0. The van der Waals surface area contributed by atoms with Gasteiger partial charge in [-0.15, -0.1) is 11.6 Å². The number of rotatable bonds is 15. The minimum absolute atomic E-state index is 0.119. The predicted molar refractivity (Wildman–Crippen MR) is 101 cm³/mol. The summed E-state index contributed by atoms with van der Waals surface area (Å²) in [5, 5.41) is 0. The standard InChI is InChI=1S/C20H33ClO2/c1-2-3-4-5-6-7-8-9-10-11-12-13-14-15-16-17-20(22)23-19-18-21/h3-4,6-7,9-10H,2,5,8,11-19H2,1H3/b4-3-,7-6-,10-9-. The largest absolute Gasteiger partial charge is 0.464 e. The molecule has 2 nitrogen and oxygen atoms in total. The highest BCUT2D eigenvalue weighted by Crippen LogP contribution is 2.08. The Bertz CT molecular complexity index is 346. The van der Waals surface area contributed by atoms with Gasteiger partial charge in [0.05, 0.1) is 5.88 Å². The second-order valence-electron chi connectivity index (χ2n) is 5.51. The van der Waals surface area contributed by atoms with Gasteiger partial charge < -0.3 is 4.74 Å². The zero-order chi connectivity index (χ0) is 17.0. The molecule has 0 fully saturated rings. The van der Waals surface area contributed by atoms with Crippen molar-refractivity contribution in [1.82, 2.24) is 0 Å². The molecular weight excluding hydrogens is 308 g/mol. The molecule has 0 heterocycles. The summed E-state index contributed by atoms with van der Waals surface area (Å²) in [7, 11) is 0. The van der Waals surface area contributed by atoms with Crippen LogP contribution in [0.25, 0.3) is 0 Å². The van der Waals surface area contributed by atoms with Gasteiger partial charge in [-0.2, -0.15) is 0 Å². The molecule has 23 heavy (non-hydrogen) atoms. The average molecular weight is 341 g/mol. The molecule has 0 saturated carbocycles. The molecule has 0 aliphatic rings. The van der Waals surface area contributed by atoms with Crippen molar-refractivity contribution in [2.45, 2.75) is 71.1 Å². The highest BCUT2D eigenvalue weighted by atomic mass is 35.5. The lowest BCUT2D eigenvalue weighted by Gasteiger charge is -2.02. The molecule has 0 N–H and O–H groups in total. The maximum absolute atomic E-state index is 11.2. The van der Waals surface area contributed by atoms with Crippen molar-refractivity contribution in [1.29, 1.82) is 0 Å². The van der Waals surface area contributed by atoms with Crippen LogP contribution in [0.4, 0.5) is 0 Å². The minimum Gasteiger partial charge on any atom is -0.464 e. The molecule has 3 heteroatoms. The Morgan fingerprint density at radius 3 is 2.17 bits per heavy atom. The van der Waals surface area contributed by atoms with Crippen molar-refractivity contribution >= 4 is 17.6 Å². The molecule has 0 aliphatic heterocycles. The number of hydrogen-bond acceptors (Lipinski definition) is 2. The van der Waals surface area contributed by atoms with Crippen molar-refractivity contribution in [3.8, 4) is 0 Å². The Hall–Kier alpha value is -1.02. The molecule has 0 amide bonds. The van der Waals surface area contributed by atoms with Gasteiger partial charge in [0, 0.05) is 6.42 Å². The van der Waals surface area contributed by atoms with E-state index in [1.807, 2.05) is 0 Å². The smallest absolute Gasteiger partial charge is 0.305 e. The van der Waals surface area contributed by atoms with Gasteiger partial charge in [0.1, 0.15) is 6.61 Å². The molecule has 132 valence electrons. The van der Waals surface area contributed by atoms with E-state index in [0.717, 1.165) is 38.5 Å². The number of allylic oxidation sites excluding steroid dienone is 6.